The third kappa shape index (κ3) is 4.34. The molecule has 1 aromatic rings. The van der Waals surface area contributed by atoms with Crippen LogP contribution < -0.4 is 10.6 Å². The lowest BCUT2D eigenvalue weighted by atomic mass is 10.1. The van der Waals surface area contributed by atoms with E-state index in [2.05, 4.69) is 27.5 Å². The minimum Gasteiger partial charge on any atom is -0.374 e. The fourth-order valence-corrected chi connectivity index (χ4v) is 2.73. The standard InChI is InChI=1S/C15H26N4O/c1-4-20-10-15-18-13(16-3)8-14(19-15)17-9-12-6-5-11(2)7-12/h8,11-12H,4-7,9-10H2,1-3H3,(H2,16,17,18,19). The maximum absolute atomic E-state index is 5.39. The average molecular weight is 278 g/mol. The van der Waals surface area contributed by atoms with Gasteiger partial charge in [0.25, 0.3) is 0 Å². The van der Waals surface area contributed by atoms with Crippen LogP contribution in [-0.2, 0) is 11.3 Å². The maximum Gasteiger partial charge on any atom is 0.158 e. The average Bonchev–Trinajstić information content (AvgIpc) is 2.88. The number of anilines is 2. The molecule has 5 nitrogen and oxygen atoms in total. The first-order valence-corrected chi connectivity index (χ1v) is 7.58. The van der Waals surface area contributed by atoms with E-state index in [0.29, 0.717) is 13.2 Å². The van der Waals surface area contributed by atoms with E-state index in [4.69, 9.17) is 4.74 Å². The van der Waals surface area contributed by atoms with E-state index >= 15 is 0 Å². The van der Waals surface area contributed by atoms with Crippen molar-refractivity contribution in [1.82, 2.24) is 9.97 Å². The minimum atomic E-state index is 0.459. The summed E-state index contributed by atoms with van der Waals surface area (Å²) in [5.74, 6) is 4.08. The second-order valence-corrected chi connectivity index (χ2v) is 5.61. The number of nitrogens with zero attached hydrogens (tertiary/aromatic N) is 2. The van der Waals surface area contributed by atoms with Gasteiger partial charge in [0.15, 0.2) is 5.82 Å². The van der Waals surface area contributed by atoms with Gasteiger partial charge in [-0.3, -0.25) is 0 Å². The molecule has 0 radical (unpaired) electrons. The number of ether oxygens (including phenoxy) is 1. The van der Waals surface area contributed by atoms with Gasteiger partial charge in [-0.1, -0.05) is 13.3 Å². The second-order valence-electron chi connectivity index (χ2n) is 5.61. The Morgan fingerprint density at radius 3 is 2.75 bits per heavy atom. The molecule has 0 amide bonds. The zero-order valence-electron chi connectivity index (χ0n) is 12.8. The summed E-state index contributed by atoms with van der Waals surface area (Å²) in [4.78, 5) is 8.91. The van der Waals surface area contributed by atoms with Crippen LogP contribution in [-0.4, -0.2) is 30.2 Å². The summed E-state index contributed by atoms with van der Waals surface area (Å²) in [6.45, 7) is 6.45. The fraction of sp³-hybridized carbons (Fsp3) is 0.733. The molecular formula is C15H26N4O. The van der Waals surface area contributed by atoms with Crippen LogP contribution in [0.25, 0.3) is 0 Å². The summed E-state index contributed by atoms with van der Waals surface area (Å²) in [6, 6.07) is 1.95. The van der Waals surface area contributed by atoms with Crippen LogP contribution in [0.1, 0.15) is 38.9 Å². The molecule has 2 N–H and O–H groups in total. The smallest absolute Gasteiger partial charge is 0.158 e. The monoisotopic (exact) mass is 278 g/mol. The van der Waals surface area contributed by atoms with Crippen molar-refractivity contribution in [3.05, 3.63) is 11.9 Å². The molecule has 1 aromatic heterocycles. The van der Waals surface area contributed by atoms with E-state index in [-0.39, 0.29) is 0 Å². The van der Waals surface area contributed by atoms with E-state index in [1.165, 1.54) is 19.3 Å². The van der Waals surface area contributed by atoms with Gasteiger partial charge in [0.05, 0.1) is 0 Å². The summed E-state index contributed by atoms with van der Waals surface area (Å²) in [5.41, 5.74) is 0. The number of hydrogen-bond donors (Lipinski definition) is 2. The Balaban J connectivity index is 1.95. The lowest BCUT2D eigenvalue weighted by molar-refractivity contribution is 0.128. The normalized spacial score (nSPS) is 21.9. The number of rotatable bonds is 7. The predicted octanol–water partition coefficient (Wildman–Crippen LogP) is 2.90. The van der Waals surface area contributed by atoms with Crippen LogP contribution in [0.2, 0.25) is 0 Å². The van der Waals surface area contributed by atoms with E-state index < -0.39 is 0 Å². The molecule has 112 valence electrons. The van der Waals surface area contributed by atoms with Gasteiger partial charge >= 0.3 is 0 Å². The van der Waals surface area contributed by atoms with Crippen molar-refractivity contribution >= 4 is 11.6 Å². The van der Waals surface area contributed by atoms with Crippen LogP contribution in [0.3, 0.4) is 0 Å². The molecule has 1 saturated carbocycles. The number of nitrogens with one attached hydrogen (secondary N) is 2. The van der Waals surface area contributed by atoms with Crippen LogP contribution in [0.15, 0.2) is 6.07 Å². The molecule has 0 bridgehead atoms. The molecule has 1 fully saturated rings. The van der Waals surface area contributed by atoms with E-state index in [1.54, 1.807) is 0 Å². The number of hydrogen-bond acceptors (Lipinski definition) is 5. The molecular weight excluding hydrogens is 252 g/mol. The minimum absolute atomic E-state index is 0.459. The lowest BCUT2D eigenvalue weighted by Gasteiger charge is -2.13. The Morgan fingerprint density at radius 1 is 1.30 bits per heavy atom. The SMILES string of the molecule is CCOCc1nc(NC)cc(NCC2CCC(C)C2)n1. The molecule has 0 saturated heterocycles. The van der Waals surface area contributed by atoms with Crippen molar-refractivity contribution in [2.45, 2.75) is 39.7 Å². The van der Waals surface area contributed by atoms with Gasteiger partial charge < -0.3 is 15.4 Å². The Kier molecular flexibility index (Phi) is 5.59. The summed E-state index contributed by atoms with van der Waals surface area (Å²) < 4.78 is 5.39. The fourth-order valence-electron chi connectivity index (χ4n) is 2.73. The molecule has 0 spiro atoms. The van der Waals surface area contributed by atoms with Crippen molar-refractivity contribution in [1.29, 1.82) is 0 Å². The van der Waals surface area contributed by atoms with Gasteiger partial charge in [-0.25, -0.2) is 9.97 Å². The molecule has 2 rings (SSSR count). The molecule has 2 unspecified atom stereocenters. The van der Waals surface area contributed by atoms with Crippen molar-refractivity contribution in [3.8, 4) is 0 Å². The van der Waals surface area contributed by atoms with Gasteiger partial charge in [0.1, 0.15) is 18.2 Å². The molecule has 1 aliphatic carbocycles. The van der Waals surface area contributed by atoms with Gasteiger partial charge in [-0.15, -0.1) is 0 Å². The summed E-state index contributed by atoms with van der Waals surface area (Å²) in [6.07, 6.45) is 4.00. The Hall–Kier alpha value is -1.36. The van der Waals surface area contributed by atoms with Crippen molar-refractivity contribution in [2.24, 2.45) is 11.8 Å². The Morgan fingerprint density at radius 2 is 2.10 bits per heavy atom. The third-order valence-electron chi connectivity index (χ3n) is 3.84. The third-order valence-corrected chi connectivity index (χ3v) is 3.84. The van der Waals surface area contributed by atoms with E-state index in [1.807, 2.05) is 20.0 Å². The molecule has 1 aliphatic rings. The highest BCUT2D eigenvalue weighted by Crippen LogP contribution is 2.30. The first kappa shape index (κ1) is 15.0. The highest BCUT2D eigenvalue weighted by atomic mass is 16.5. The van der Waals surface area contributed by atoms with Crippen LogP contribution in [0.5, 0.6) is 0 Å². The van der Waals surface area contributed by atoms with E-state index in [9.17, 15) is 0 Å². The quantitative estimate of drug-likeness (QED) is 0.803. The number of aromatic nitrogens is 2. The van der Waals surface area contributed by atoms with Gasteiger partial charge in [-0.05, 0) is 31.6 Å². The summed E-state index contributed by atoms with van der Waals surface area (Å²) in [7, 11) is 1.87. The van der Waals surface area contributed by atoms with Gasteiger partial charge in [0, 0.05) is 26.3 Å². The first-order valence-electron chi connectivity index (χ1n) is 7.58. The molecule has 1 heterocycles. The molecule has 20 heavy (non-hydrogen) atoms. The van der Waals surface area contributed by atoms with Crippen molar-refractivity contribution < 1.29 is 4.74 Å². The zero-order valence-corrected chi connectivity index (χ0v) is 12.8. The van der Waals surface area contributed by atoms with Gasteiger partial charge in [-0.2, -0.15) is 0 Å². The summed E-state index contributed by atoms with van der Waals surface area (Å²) in [5, 5.41) is 6.52. The summed E-state index contributed by atoms with van der Waals surface area (Å²) >= 11 is 0. The van der Waals surface area contributed by atoms with Crippen molar-refractivity contribution in [2.75, 3.05) is 30.8 Å². The Bertz CT molecular complexity index is 424. The van der Waals surface area contributed by atoms with Crippen LogP contribution in [0.4, 0.5) is 11.6 Å². The van der Waals surface area contributed by atoms with E-state index in [0.717, 1.165) is 35.8 Å². The van der Waals surface area contributed by atoms with Crippen LogP contribution >= 0.6 is 0 Å². The largest absolute Gasteiger partial charge is 0.374 e. The molecule has 5 heteroatoms. The predicted molar refractivity (Wildman–Crippen MR) is 81.9 cm³/mol. The van der Waals surface area contributed by atoms with Gasteiger partial charge in [0.2, 0.25) is 0 Å². The first-order chi connectivity index (χ1) is 9.71. The molecule has 0 aromatic carbocycles. The molecule has 2 atom stereocenters. The second kappa shape index (κ2) is 7.43. The molecule has 0 aliphatic heterocycles. The zero-order chi connectivity index (χ0) is 14.4. The topological polar surface area (TPSA) is 59.1 Å². The highest BCUT2D eigenvalue weighted by Gasteiger charge is 2.21. The Labute approximate surface area is 121 Å². The highest BCUT2D eigenvalue weighted by molar-refractivity contribution is 5.47. The lowest BCUT2D eigenvalue weighted by Crippen LogP contribution is -2.14. The maximum atomic E-state index is 5.39. The van der Waals surface area contributed by atoms with Crippen molar-refractivity contribution in [3.63, 3.8) is 0 Å². The van der Waals surface area contributed by atoms with Crippen LogP contribution in [0, 0.1) is 11.8 Å².